The van der Waals surface area contributed by atoms with Crippen molar-refractivity contribution >= 4 is 5.97 Å². The van der Waals surface area contributed by atoms with Crippen LogP contribution in [0.4, 0.5) is 0 Å². The lowest BCUT2D eigenvalue weighted by Gasteiger charge is -2.25. The van der Waals surface area contributed by atoms with Crippen LogP contribution in [-0.2, 0) is 14.3 Å². The molecule has 0 saturated carbocycles. The molecule has 1 N–H and O–H groups in total. The predicted octanol–water partition coefficient (Wildman–Crippen LogP) is 1.42. The number of rotatable bonds is 10. The number of likely N-dealkylation sites (N-methyl/N-ethyl adjacent to an activating group) is 2. The third kappa shape index (κ3) is 6.20. The second-order valence-electron chi connectivity index (χ2n) is 5.18. The molecule has 0 amide bonds. The molecule has 1 fully saturated rings. The Morgan fingerprint density at radius 2 is 2.25 bits per heavy atom. The molecule has 0 aromatic carbocycles. The number of esters is 1. The average Bonchev–Trinajstić information content (AvgIpc) is 2.95. The lowest BCUT2D eigenvalue weighted by Crippen LogP contribution is -2.42. The Kier molecular flexibility index (Phi) is 8.82. The monoisotopic (exact) mass is 286 g/mol. The van der Waals surface area contributed by atoms with Crippen molar-refractivity contribution in [1.29, 1.82) is 0 Å². The van der Waals surface area contributed by atoms with Gasteiger partial charge in [-0.15, -0.1) is 0 Å². The van der Waals surface area contributed by atoms with E-state index in [9.17, 15) is 4.79 Å². The fourth-order valence-corrected chi connectivity index (χ4v) is 2.56. The van der Waals surface area contributed by atoms with E-state index in [1.54, 1.807) is 0 Å². The largest absolute Gasteiger partial charge is 0.465 e. The molecule has 2 atom stereocenters. The van der Waals surface area contributed by atoms with Gasteiger partial charge in [0.1, 0.15) is 6.04 Å². The number of hydrogen-bond acceptors (Lipinski definition) is 5. The van der Waals surface area contributed by atoms with Crippen LogP contribution in [0.25, 0.3) is 0 Å². The lowest BCUT2D eigenvalue weighted by molar-refractivity contribution is -0.145. The van der Waals surface area contributed by atoms with Gasteiger partial charge in [-0.25, -0.2) is 0 Å². The molecule has 0 radical (unpaired) electrons. The van der Waals surface area contributed by atoms with Crippen molar-refractivity contribution in [2.75, 3.05) is 39.4 Å². The van der Waals surface area contributed by atoms with Crippen molar-refractivity contribution in [3.05, 3.63) is 0 Å². The Bertz CT molecular complexity index is 268. The summed E-state index contributed by atoms with van der Waals surface area (Å²) in [4.78, 5) is 14.2. The minimum absolute atomic E-state index is 0.137. The molecule has 5 nitrogen and oxygen atoms in total. The fraction of sp³-hybridized carbons (Fsp3) is 0.933. The Labute approximate surface area is 123 Å². The summed E-state index contributed by atoms with van der Waals surface area (Å²) in [6.07, 6.45) is 3.48. The van der Waals surface area contributed by atoms with Crippen LogP contribution in [0, 0.1) is 0 Å². The van der Waals surface area contributed by atoms with Crippen molar-refractivity contribution in [3.8, 4) is 0 Å². The molecule has 20 heavy (non-hydrogen) atoms. The summed E-state index contributed by atoms with van der Waals surface area (Å²) in [5, 5.41) is 3.21. The number of hydrogen-bond donors (Lipinski definition) is 1. The summed E-state index contributed by atoms with van der Waals surface area (Å²) < 4.78 is 10.8. The maximum absolute atomic E-state index is 11.9. The van der Waals surface area contributed by atoms with Gasteiger partial charge in [0.05, 0.1) is 12.7 Å². The minimum atomic E-state index is -0.196. The first kappa shape index (κ1) is 17.4. The number of nitrogens with zero attached hydrogens (tertiary/aromatic N) is 1. The van der Waals surface area contributed by atoms with Crippen LogP contribution in [0.1, 0.15) is 40.0 Å². The normalized spacial score (nSPS) is 20.3. The molecule has 0 aromatic rings. The van der Waals surface area contributed by atoms with Gasteiger partial charge in [0, 0.05) is 19.7 Å². The molecule has 0 bridgehead atoms. The van der Waals surface area contributed by atoms with Gasteiger partial charge in [-0.3, -0.25) is 4.79 Å². The molecule has 1 heterocycles. The number of carbonyl (C=O) groups is 1. The average molecular weight is 286 g/mol. The van der Waals surface area contributed by atoms with E-state index in [0.717, 1.165) is 45.6 Å². The minimum Gasteiger partial charge on any atom is -0.465 e. The second-order valence-corrected chi connectivity index (χ2v) is 5.18. The highest BCUT2D eigenvalue weighted by atomic mass is 16.5. The first-order valence-corrected chi connectivity index (χ1v) is 7.95. The fourth-order valence-electron chi connectivity index (χ4n) is 2.56. The van der Waals surface area contributed by atoms with Gasteiger partial charge in [-0.05, 0) is 39.3 Å². The van der Waals surface area contributed by atoms with Gasteiger partial charge < -0.3 is 19.7 Å². The summed E-state index contributed by atoms with van der Waals surface area (Å²) in [6.45, 7) is 11.0. The zero-order valence-corrected chi connectivity index (χ0v) is 13.2. The molecule has 1 saturated heterocycles. The highest BCUT2D eigenvalue weighted by Gasteiger charge is 2.22. The number of ether oxygens (including phenoxy) is 2. The lowest BCUT2D eigenvalue weighted by atomic mass is 10.1. The third-order valence-corrected chi connectivity index (χ3v) is 3.69. The summed E-state index contributed by atoms with van der Waals surface area (Å²) in [5.41, 5.74) is 0. The Hall–Kier alpha value is -0.650. The summed E-state index contributed by atoms with van der Waals surface area (Å²) in [6, 6.07) is -0.196. The van der Waals surface area contributed by atoms with Gasteiger partial charge in [0.2, 0.25) is 0 Å². The zero-order chi connectivity index (χ0) is 14.8. The van der Waals surface area contributed by atoms with E-state index >= 15 is 0 Å². The van der Waals surface area contributed by atoms with E-state index in [0.29, 0.717) is 12.7 Å². The highest BCUT2D eigenvalue weighted by molar-refractivity contribution is 5.75. The van der Waals surface area contributed by atoms with Gasteiger partial charge in [-0.2, -0.15) is 0 Å². The van der Waals surface area contributed by atoms with Crippen molar-refractivity contribution in [1.82, 2.24) is 10.2 Å². The van der Waals surface area contributed by atoms with E-state index in [4.69, 9.17) is 9.47 Å². The van der Waals surface area contributed by atoms with Crippen molar-refractivity contribution in [3.63, 3.8) is 0 Å². The van der Waals surface area contributed by atoms with Gasteiger partial charge in [0.25, 0.3) is 0 Å². The van der Waals surface area contributed by atoms with E-state index in [1.165, 1.54) is 6.42 Å². The molecule has 1 aliphatic heterocycles. The first-order valence-electron chi connectivity index (χ1n) is 7.95. The van der Waals surface area contributed by atoms with Crippen LogP contribution in [0.15, 0.2) is 0 Å². The zero-order valence-electron chi connectivity index (χ0n) is 13.2. The quantitative estimate of drug-likeness (QED) is 0.616. The standard InChI is InChI=1S/C15H30N2O3/c1-4-16-14(15(18)19-6-3)9-10-17(5-2)12-13-8-7-11-20-13/h13-14,16H,4-12H2,1-3H3. The first-order chi connectivity index (χ1) is 9.71. The Balaban J connectivity index is 2.36. The molecular weight excluding hydrogens is 256 g/mol. The maximum Gasteiger partial charge on any atom is 0.323 e. The van der Waals surface area contributed by atoms with Crippen LogP contribution in [-0.4, -0.2) is 62.4 Å². The van der Waals surface area contributed by atoms with Gasteiger partial charge >= 0.3 is 5.97 Å². The van der Waals surface area contributed by atoms with E-state index < -0.39 is 0 Å². The van der Waals surface area contributed by atoms with Crippen LogP contribution >= 0.6 is 0 Å². The molecule has 1 rings (SSSR count). The smallest absolute Gasteiger partial charge is 0.323 e. The van der Waals surface area contributed by atoms with Crippen LogP contribution in [0.3, 0.4) is 0 Å². The van der Waals surface area contributed by atoms with Crippen molar-refractivity contribution in [2.45, 2.75) is 52.2 Å². The maximum atomic E-state index is 11.9. The molecule has 0 aliphatic carbocycles. The molecule has 5 heteroatoms. The van der Waals surface area contributed by atoms with E-state index in [2.05, 4.69) is 17.1 Å². The van der Waals surface area contributed by atoms with E-state index in [-0.39, 0.29) is 12.0 Å². The number of carbonyl (C=O) groups excluding carboxylic acids is 1. The SMILES string of the molecule is CCNC(CCN(CC)CC1CCCO1)C(=O)OCC. The topological polar surface area (TPSA) is 50.8 Å². The van der Waals surface area contributed by atoms with Crippen LogP contribution < -0.4 is 5.32 Å². The molecule has 118 valence electrons. The predicted molar refractivity (Wildman–Crippen MR) is 79.8 cm³/mol. The third-order valence-electron chi connectivity index (χ3n) is 3.69. The van der Waals surface area contributed by atoms with Crippen molar-refractivity contribution < 1.29 is 14.3 Å². The van der Waals surface area contributed by atoms with Gasteiger partial charge in [-0.1, -0.05) is 13.8 Å². The molecule has 2 unspecified atom stereocenters. The van der Waals surface area contributed by atoms with Gasteiger partial charge in [0.15, 0.2) is 0 Å². The molecule has 1 aliphatic rings. The second kappa shape index (κ2) is 10.1. The molecular formula is C15H30N2O3. The summed E-state index contributed by atoms with van der Waals surface area (Å²) in [5.74, 6) is -0.137. The molecule has 0 spiro atoms. The molecule has 0 aromatic heterocycles. The summed E-state index contributed by atoms with van der Waals surface area (Å²) >= 11 is 0. The van der Waals surface area contributed by atoms with E-state index in [1.807, 2.05) is 13.8 Å². The highest BCUT2D eigenvalue weighted by Crippen LogP contribution is 2.13. The summed E-state index contributed by atoms with van der Waals surface area (Å²) in [7, 11) is 0. The van der Waals surface area contributed by atoms with Crippen molar-refractivity contribution in [2.24, 2.45) is 0 Å². The Morgan fingerprint density at radius 3 is 2.80 bits per heavy atom. The number of nitrogens with one attached hydrogen (secondary N) is 1. The Morgan fingerprint density at radius 1 is 1.45 bits per heavy atom. The van der Waals surface area contributed by atoms with Crippen LogP contribution in [0.5, 0.6) is 0 Å². The van der Waals surface area contributed by atoms with Crippen LogP contribution in [0.2, 0.25) is 0 Å².